The number of aliphatic carboxylic acids is 1. The Balaban J connectivity index is 0. The fourth-order valence-electron chi connectivity index (χ4n) is 0.612. The molecule has 0 heterocycles. The molecule has 0 aromatic carbocycles. The van der Waals surface area contributed by atoms with Crippen LogP contribution in [-0.4, -0.2) is 40.7 Å². The molecule has 0 rings (SSSR count). The van der Waals surface area contributed by atoms with Gasteiger partial charge < -0.3 is 9.84 Å². The van der Waals surface area contributed by atoms with E-state index in [0.29, 0.717) is 0 Å². The van der Waals surface area contributed by atoms with Crippen LogP contribution in [0.1, 0.15) is 30.5 Å². The van der Waals surface area contributed by atoms with E-state index in [1.54, 1.807) is 20.8 Å². The van der Waals surface area contributed by atoms with E-state index in [1.165, 1.54) is 6.92 Å². The Morgan fingerprint density at radius 1 is 1.57 bits per heavy atom. The minimum absolute atomic E-state index is 0. The molecule has 0 spiro atoms. The zero-order chi connectivity index (χ0) is 12.2. The molecule has 1 atom stereocenters. The topological polar surface area (TPSA) is 66.8 Å². The molecule has 0 saturated carbocycles. The lowest BCUT2D eigenvalue weighted by atomic mass is 10.2. The van der Waals surface area contributed by atoms with E-state index in [9.17, 15) is 9.59 Å². The minimum Gasteiger partial charge on any atom is -0.480 e. The SMILES string of the molecule is [2HH].[2H]CN(C(=O)OC(C)(C)C)[C@@H](C)C(=O)O. The first-order valence-electron chi connectivity index (χ1n) is 4.91. The molecule has 0 radical (unpaired) electrons. The van der Waals surface area contributed by atoms with Gasteiger partial charge >= 0.3 is 12.1 Å². The zero-order valence-electron chi connectivity index (χ0n) is 9.90. The molecule has 5 heteroatoms. The first-order chi connectivity index (χ1) is 6.69. The van der Waals surface area contributed by atoms with E-state index >= 15 is 0 Å². The van der Waals surface area contributed by atoms with Crippen molar-refractivity contribution >= 4 is 12.1 Å². The molecule has 0 fully saturated rings. The van der Waals surface area contributed by atoms with Crippen LogP contribution in [0.2, 0.25) is 0 Å². The molecule has 1 N–H and O–H groups in total. The molecule has 0 saturated heterocycles. The minimum atomic E-state index is -1.16. The van der Waals surface area contributed by atoms with Gasteiger partial charge in [-0.3, -0.25) is 4.90 Å². The molecule has 14 heavy (non-hydrogen) atoms. The Morgan fingerprint density at radius 2 is 2.07 bits per heavy atom. The summed E-state index contributed by atoms with van der Waals surface area (Å²) in [7, 11) is -0.442. The van der Waals surface area contributed by atoms with Crippen molar-refractivity contribution in [3.8, 4) is 0 Å². The number of hydrogen-bond donors (Lipinski definition) is 1. The number of carbonyl (C=O) groups is 2. The fourth-order valence-corrected chi connectivity index (χ4v) is 0.612. The van der Waals surface area contributed by atoms with E-state index in [2.05, 4.69) is 0 Å². The Hall–Kier alpha value is -1.26. The maximum Gasteiger partial charge on any atom is 0.410 e. The van der Waals surface area contributed by atoms with Gasteiger partial charge in [-0.2, -0.15) is 0 Å². The summed E-state index contributed by atoms with van der Waals surface area (Å²) in [5.41, 5.74) is -0.692. The Morgan fingerprint density at radius 3 is 2.36 bits per heavy atom. The standard InChI is InChI=1S/C9H17NO4.H2/c1-6(7(11)12)10(5)8(13)14-9(2,3)4;/h6H,1-5H3,(H,11,12);1H/t6-;/m0./s1/i5D;1+1. The van der Waals surface area contributed by atoms with E-state index < -0.39 is 30.7 Å². The molecular weight excluding hydrogens is 186 g/mol. The lowest BCUT2D eigenvalue weighted by Gasteiger charge is -2.26. The first-order valence-corrected chi connectivity index (χ1v) is 4.20. The molecule has 0 aliphatic heterocycles. The van der Waals surface area contributed by atoms with Crippen molar-refractivity contribution in [1.29, 1.82) is 0 Å². The molecule has 84 valence electrons. The number of rotatable bonds is 2. The van der Waals surface area contributed by atoms with E-state index in [1.807, 2.05) is 0 Å². The fraction of sp³-hybridized carbons (Fsp3) is 0.778. The lowest BCUT2D eigenvalue weighted by molar-refractivity contribution is -0.141. The summed E-state index contributed by atoms with van der Waals surface area (Å²) >= 11 is 0. The highest BCUT2D eigenvalue weighted by molar-refractivity contribution is 5.79. The monoisotopic (exact) mass is 207 g/mol. The van der Waals surface area contributed by atoms with Crippen LogP contribution in [0.15, 0.2) is 0 Å². The molecule has 0 bridgehead atoms. The van der Waals surface area contributed by atoms with Crippen LogP contribution in [0, 0.1) is 0 Å². The summed E-state index contributed by atoms with van der Waals surface area (Å²) in [6, 6.07) is -1.06. The summed E-state index contributed by atoms with van der Waals surface area (Å²) in [4.78, 5) is 22.9. The number of ether oxygens (including phenoxy) is 1. The van der Waals surface area contributed by atoms with E-state index in [0.717, 1.165) is 4.90 Å². The highest BCUT2D eigenvalue weighted by Crippen LogP contribution is 2.10. The normalized spacial score (nSPS) is 14.1. The Bertz CT molecular complexity index is 252. The van der Waals surface area contributed by atoms with Gasteiger partial charge in [-0.15, -0.1) is 0 Å². The Kier molecular flexibility index (Phi) is 3.33. The van der Waals surface area contributed by atoms with E-state index in [-0.39, 0.29) is 1.43 Å². The summed E-state index contributed by atoms with van der Waals surface area (Å²) < 4.78 is 12.0. The first kappa shape index (κ1) is 10.8. The van der Waals surface area contributed by atoms with Crippen LogP contribution in [0.5, 0.6) is 0 Å². The van der Waals surface area contributed by atoms with Gasteiger partial charge in [-0.25, -0.2) is 9.59 Å². The van der Waals surface area contributed by atoms with Crippen molar-refractivity contribution in [2.45, 2.75) is 39.3 Å². The van der Waals surface area contributed by atoms with E-state index in [4.69, 9.17) is 11.2 Å². The number of hydrogen-bond acceptors (Lipinski definition) is 3. The molecule has 0 aromatic heterocycles. The van der Waals surface area contributed by atoms with Gasteiger partial charge in [-0.05, 0) is 27.7 Å². The average molecular weight is 207 g/mol. The van der Waals surface area contributed by atoms with Crippen molar-refractivity contribution in [3.63, 3.8) is 0 Å². The number of carboxylic acids is 1. The zero-order valence-corrected chi connectivity index (χ0v) is 8.90. The molecule has 5 nitrogen and oxygen atoms in total. The number of carbonyl (C=O) groups excluding carboxylic acids is 1. The van der Waals surface area contributed by atoms with Gasteiger partial charge in [0.05, 0.1) is 0 Å². The summed E-state index contributed by atoms with van der Waals surface area (Å²) in [5, 5.41) is 8.70. The Labute approximate surface area is 86.5 Å². The van der Waals surface area contributed by atoms with Gasteiger partial charge in [-0.1, -0.05) is 0 Å². The van der Waals surface area contributed by atoms with Crippen LogP contribution in [0.4, 0.5) is 4.79 Å². The third-order valence-corrected chi connectivity index (χ3v) is 1.45. The second-order valence-corrected chi connectivity index (χ2v) is 3.96. The van der Waals surface area contributed by atoms with Crippen molar-refractivity contribution in [2.24, 2.45) is 0 Å². The van der Waals surface area contributed by atoms with Gasteiger partial charge in [0.15, 0.2) is 0 Å². The number of likely N-dealkylation sites (N-methyl/N-ethyl adjacent to an activating group) is 1. The van der Waals surface area contributed by atoms with Crippen LogP contribution >= 0.6 is 0 Å². The van der Waals surface area contributed by atoms with Crippen molar-refractivity contribution in [3.05, 3.63) is 0 Å². The maximum atomic E-state index is 11.5. The number of amides is 1. The van der Waals surface area contributed by atoms with Crippen LogP contribution in [-0.2, 0) is 9.53 Å². The highest BCUT2D eigenvalue weighted by atomic mass is 16.6. The predicted octanol–water partition coefficient (Wildman–Crippen LogP) is 1.57. The largest absolute Gasteiger partial charge is 0.480 e. The summed E-state index contributed by atoms with van der Waals surface area (Å²) in [6.07, 6.45) is -0.785. The maximum absolute atomic E-state index is 11.5. The van der Waals surface area contributed by atoms with Crippen LogP contribution in [0.25, 0.3) is 0 Å². The van der Waals surface area contributed by atoms with Crippen molar-refractivity contribution in [1.82, 2.24) is 4.90 Å². The molecule has 0 aliphatic rings. The van der Waals surface area contributed by atoms with Gasteiger partial charge in [0.2, 0.25) is 0 Å². The molecule has 0 unspecified atom stereocenters. The summed E-state index contributed by atoms with van der Waals surface area (Å²) in [5.74, 6) is -1.16. The number of nitrogens with zero attached hydrogens (tertiary/aromatic N) is 1. The molecule has 1 amide bonds. The predicted molar refractivity (Wildman–Crippen MR) is 53.2 cm³/mol. The van der Waals surface area contributed by atoms with Crippen molar-refractivity contribution in [2.75, 3.05) is 7.02 Å². The van der Waals surface area contributed by atoms with Crippen LogP contribution in [0.3, 0.4) is 0 Å². The highest BCUT2D eigenvalue weighted by Gasteiger charge is 2.26. The smallest absolute Gasteiger partial charge is 0.410 e. The van der Waals surface area contributed by atoms with Gasteiger partial charge in [0.25, 0.3) is 0 Å². The average Bonchev–Trinajstić information content (AvgIpc) is 2.01. The second-order valence-electron chi connectivity index (χ2n) is 3.96. The lowest BCUT2D eigenvalue weighted by Crippen LogP contribution is -2.43. The molecular formula is C9H19NO4. The third kappa shape index (κ3) is 4.11. The quantitative estimate of drug-likeness (QED) is 0.746. The second kappa shape index (κ2) is 4.30. The molecule has 0 aliphatic carbocycles. The number of carboxylic acid groups (broad SMARTS) is 1. The van der Waals surface area contributed by atoms with Crippen molar-refractivity contribution < 1.29 is 22.2 Å². The summed E-state index contributed by atoms with van der Waals surface area (Å²) in [6.45, 7) is 6.37. The molecule has 0 aromatic rings. The third-order valence-electron chi connectivity index (χ3n) is 1.45. The van der Waals surface area contributed by atoms with Crippen LogP contribution < -0.4 is 0 Å². The van der Waals surface area contributed by atoms with Gasteiger partial charge in [0, 0.05) is 9.82 Å². The van der Waals surface area contributed by atoms with Gasteiger partial charge in [0.1, 0.15) is 11.6 Å².